The van der Waals surface area contributed by atoms with Crippen LogP contribution in [-0.4, -0.2) is 5.99 Å². The molecule has 0 unspecified atom stereocenters. The molecule has 0 aromatic carbocycles. The van der Waals surface area contributed by atoms with Crippen molar-refractivity contribution < 1.29 is 0 Å². The van der Waals surface area contributed by atoms with Gasteiger partial charge in [-0.05, 0) is 0 Å². The van der Waals surface area contributed by atoms with Crippen molar-refractivity contribution in [2.45, 2.75) is 13.6 Å². The van der Waals surface area contributed by atoms with Crippen molar-refractivity contribution in [1.82, 2.24) is 0 Å². The van der Waals surface area contributed by atoms with Crippen LogP contribution in [0.5, 0.6) is 0 Å². The molecule has 0 heterocycles. The van der Waals surface area contributed by atoms with E-state index in [-0.39, 0.29) is 0 Å². The molecule has 0 atom stereocenters. The molecule has 0 bridgehead atoms. The lowest BCUT2D eigenvalue weighted by Gasteiger charge is -1.70. The van der Waals surface area contributed by atoms with E-state index in [4.69, 9.17) is 0 Å². The summed E-state index contributed by atoms with van der Waals surface area (Å²) in [6, 6.07) is 0. The average Bonchev–Trinajstić information content (AvgIpc) is 0.811. The molecule has 0 aromatic rings. The third-order valence-corrected chi connectivity index (χ3v) is 0. The van der Waals surface area contributed by atoms with Crippen molar-refractivity contribution in [3.63, 3.8) is 0 Å². The molecule has 4 heavy (non-hydrogen) atoms. The number of thiol groups is 1. The van der Waals surface area contributed by atoms with Gasteiger partial charge in [-0.1, -0.05) is 13.6 Å². The molecule has 0 saturated heterocycles. The molecular weight excluding hydrogens is 66.9 g/mol. The smallest absolute Gasteiger partial charge is 0.198 e. The van der Waals surface area contributed by atoms with Gasteiger partial charge in [0.25, 0.3) is 0 Å². The Balaban J connectivity index is 2.32. The van der Waals surface area contributed by atoms with Crippen LogP contribution in [0, 0.1) is 0 Å². The Kier molecular flexibility index (Phi) is 1.88. The van der Waals surface area contributed by atoms with E-state index in [1.165, 1.54) is 0 Å². The predicted molar refractivity (Wildman–Crippen MR) is 26.5 cm³/mol. The van der Waals surface area contributed by atoms with Crippen molar-refractivity contribution in [2.75, 3.05) is 0 Å². The maximum absolute atomic E-state index is 3.97. The van der Waals surface area contributed by atoms with Crippen LogP contribution in [0.1, 0.15) is 0 Å². The van der Waals surface area contributed by atoms with Gasteiger partial charge in [-0.2, -0.15) is 0 Å². The van der Waals surface area contributed by atoms with E-state index in [0.29, 0.717) is 5.99 Å². The molecule has 0 aliphatic heterocycles. The summed E-state index contributed by atoms with van der Waals surface area (Å²) in [6.45, 7) is 4.06. The Hall–Kier alpha value is 0.415. The zero-order valence-corrected chi connectivity index (χ0v) is 3.92. The van der Waals surface area contributed by atoms with E-state index in [0.717, 1.165) is 0 Å². The zero-order valence-electron chi connectivity index (χ0n) is 3.02. The molecule has 0 N–H and O–H groups in total. The molecule has 2 heteroatoms. The second-order valence-electron chi connectivity index (χ2n) is 1.09. The fraction of sp³-hybridized carbons (Fsp3) is 1.00. The summed E-state index contributed by atoms with van der Waals surface area (Å²) in [7, 11) is 0. The summed E-state index contributed by atoms with van der Waals surface area (Å²) in [6.07, 6.45) is 0. The van der Waals surface area contributed by atoms with Gasteiger partial charge in [0.15, 0.2) is 5.99 Å². The molecule has 0 fully saturated rings. The maximum Gasteiger partial charge on any atom is 0.198 e. The summed E-state index contributed by atoms with van der Waals surface area (Å²) in [5, 5.41) is 0. The van der Waals surface area contributed by atoms with E-state index >= 15 is 0 Å². The van der Waals surface area contributed by atoms with Gasteiger partial charge in [0.1, 0.15) is 0 Å². The second kappa shape index (κ2) is 1.71. The zero-order chi connectivity index (χ0) is 3.58. The van der Waals surface area contributed by atoms with Crippen LogP contribution in [0.4, 0.5) is 0 Å². The first kappa shape index (κ1) is 4.41. The Morgan fingerprint density at radius 3 is 1.50 bits per heavy atom. The Labute approximate surface area is 33.0 Å². The summed E-state index contributed by atoms with van der Waals surface area (Å²) in [5.41, 5.74) is 0. The quantitative estimate of drug-likeness (QED) is 0.323. The third kappa shape index (κ3) is 28.1. The molecule has 0 aliphatic carbocycles. The molecule has 0 rings (SSSR count). The van der Waals surface area contributed by atoms with Crippen molar-refractivity contribution >= 4 is 18.5 Å². The van der Waals surface area contributed by atoms with Crippen molar-refractivity contribution in [2.24, 2.45) is 0 Å². The minimum Gasteiger partial charge on any atom is -0.227 e. The minimum absolute atomic E-state index is 0.528. The van der Waals surface area contributed by atoms with Crippen LogP contribution in [0.3, 0.4) is 0 Å². The van der Waals surface area contributed by atoms with Gasteiger partial charge < -0.3 is 0 Å². The summed E-state index contributed by atoms with van der Waals surface area (Å²) < 4.78 is 0. The standard InChI is InChI=1S/C2H7BS/c1-3(2)4/h4H,1-2H3. The van der Waals surface area contributed by atoms with Gasteiger partial charge in [0.2, 0.25) is 0 Å². The second-order valence-corrected chi connectivity index (χ2v) is 2.13. The summed E-state index contributed by atoms with van der Waals surface area (Å²) in [4.78, 5) is 0. The van der Waals surface area contributed by atoms with E-state index in [1.807, 2.05) is 13.6 Å². The van der Waals surface area contributed by atoms with Crippen molar-refractivity contribution in [3.8, 4) is 0 Å². The molecule has 0 aromatic heterocycles. The fourth-order valence-electron chi connectivity index (χ4n) is 0. The van der Waals surface area contributed by atoms with Crippen LogP contribution in [0.15, 0.2) is 0 Å². The highest BCUT2D eigenvalue weighted by Gasteiger charge is 1.78. The van der Waals surface area contributed by atoms with Gasteiger partial charge in [-0.25, -0.2) is 12.5 Å². The molecule has 0 amide bonds. The average molecular weight is 74.0 g/mol. The first-order chi connectivity index (χ1) is 1.73. The topological polar surface area (TPSA) is 0 Å². The maximum atomic E-state index is 3.97. The first-order valence-corrected chi connectivity index (χ1v) is 1.93. The van der Waals surface area contributed by atoms with Gasteiger partial charge in [0.05, 0.1) is 0 Å². The van der Waals surface area contributed by atoms with Crippen LogP contribution in [0.25, 0.3) is 0 Å². The number of rotatable bonds is 0. The highest BCUT2D eigenvalue weighted by molar-refractivity contribution is 8.10. The lowest BCUT2D eigenvalue weighted by atomic mass is 9.84. The fourth-order valence-corrected chi connectivity index (χ4v) is 0. The van der Waals surface area contributed by atoms with Crippen LogP contribution in [-0.2, 0) is 0 Å². The highest BCUT2D eigenvalue weighted by Crippen LogP contribution is 1.78. The SMILES string of the molecule is CB(C)S. The number of hydrogen-bond donors (Lipinski definition) is 1. The van der Waals surface area contributed by atoms with E-state index in [9.17, 15) is 0 Å². The monoisotopic (exact) mass is 74.0 g/mol. The molecule has 0 spiro atoms. The predicted octanol–water partition coefficient (Wildman–Crippen LogP) is 1.17. The molecule has 0 saturated carbocycles. The Morgan fingerprint density at radius 2 is 1.50 bits per heavy atom. The molecule has 0 nitrogen and oxygen atoms in total. The highest BCUT2D eigenvalue weighted by atomic mass is 32.1. The molecular formula is C2H7BS. The Morgan fingerprint density at radius 1 is 1.50 bits per heavy atom. The van der Waals surface area contributed by atoms with E-state index < -0.39 is 0 Å². The van der Waals surface area contributed by atoms with E-state index in [2.05, 4.69) is 12.5 Å². The largest absolute Gasteiger partial charge is 0.227 e. The lowest BCUT2D eigenvalue weighted by Crippen LogP contribution is -1.79. The molecule has 0 aliphatic rings. The molecule has 24 valence electrons. The first-order valence-electron chi connectivity index (χ1n) is 1.41. The van der Waals surface area contributed by atoms with E-state index in [1.54, 1.807) is 0 Å². The molecule has 0 radical (unpaired) electrons. The Bertz CT molecular complexity index is 10.8. The summed E-state index contributed by atoms with van der Waals surface area (Å²) >= 11 is 3.97. The van der Waals surface area contributed by atoms with Crippen LogP contribution < -0.4 is 0 Å². The minimum atomic E-state index is 0.528. The van der Waals surface area contributed by atoms with Gasteiger partial charge in [-0.3, -0.25) is 0 Å². The van der Waals surface area contributed by atoms with Crippen molar-refractivity contribution in [1.29, 1.82) is 0 Å². The van der Waals surface area contributed by atoms with Gasteiger partial charge in [0, 0.05) is 0 Å². The van der Waals surface area contributed by atoms with Gasteiger partial charge >= 0.3 is 0 Å². The summed E-state index contributed by atoms with van der Waals surface area (Å²) in [5.74, 6) is 0.528. The van der Waals surface area contributed by atoms with Gasteiger partial charge in [-0.15, -0.1) is 0 Å². The van der Waals surface area contributed by atoms with Crippen LogP contribution >= 0.6 is 12.5 Å². The van der Waals surface area contributed by atoms with Crippen LogP contribution in [0.2, 0.25) is 13.6 Å². The lowest BCUT2D eigenvalue weighted by molar-refractivity contribution is 2.12. The van der Waals surface area contributed by atoms with Crippen molar-refractivity contribution in [3.05, 3.63) is 0 Å². The number of hydrogen-bond acceptors (Lipinski definition) is 1. The third-order valence-electron chi connectivity index (χ3n) is 0. The normalized spacial score (nSPS) is 6.75.